The lowest BCUT2D eigenvalue weighted by Crippen LogP contribution is -2.16. The molecule has 1 N–H and O–H groups in total. The molecule has 0 saturated carbocycles. The largest absolute Gasteiger partial charge is 0.493 e. The van der Waals surface area contributed by atoms with Gasteiger partial charge in [0.1, 0.15) is 11.5 Å². The summed E-state index contributed by atoms with van der Waals surface area (Å²) in [5.41, 5.74) is 0.702. The average Bonchev–Trinajstić information content (AvgIpc) is 2.71. The van der Waals surface area contributed by atoms with Gasteiger partial charge in [-0.05, 0) is 48.9 Å². The first-order valence-corrected chi connectivity index (χ1v) is 10.00. The van der Waals surface area contributed by atoms with E-state index in [0.717, 1.165) is 0 Å². The fourth-order valence-corrected chi connectivity index (χ4v) is 2.97. The summed E-state index contributed by atoms with van der Waals surface area (Å²) in [6, 6.07) is 21.8. The third kappa shape index (κ3) is 6.71. The molecule has 0 aromatic heterocycles. The van der Waals surface area contributed by atoms with Crippen LogP contribution in [0, 0.1) is 0 Å². The maximum atomic E-state index is 10.8. The van der Waals surface area contributed by atoms with E-state index in [4.69, 9.17) is 30.9 Å². The highest BCUT2D eigenvalue weighted by atomic mass is 35.5. The van der Waals surface area contributed by atoms with Gasteiger partial charge in [-0.25, -0.2) is 0 Å². The molecule has 0 saturated heterocycles. The van der Waals surface area contributed by atoms with Gasteiger partial charge in [0, 0.05) is 17.5 Å². The number of rotatable bonds is 10. The highest BCUT2D eigenvalue weighted by molar-refractivity contribution is 6.30. The zero-order chi connectivity index (χ0) is 21.3. The van der Waals surface area contributed by atoms with Gasteiger partial charge in [0.2, 0.25) is 0 Å². The van der Waals surface area contributed by atoms with Crippen LogP contribution in [-0.4, -0.2) is 23.8 Å². The molecular formula is C24H23ClO5. The van der Waals surface area contributed by atoms with Crippen molar-refractivity contribution < 1.29 is 24.1 Å². The maximum Gasteiger partial charge on any atom is 0.307 e. The molecule has 0 spiro atoms. The topological polar surface area (TPSA) is 65.0 Å². The van der Waals surface area contributed by atoms with Crippen molar-refractivity contribution in [3.05, 3.63) is 83.4 Å². The Morgan fingerprint density at radius 3 is 2.50 bits per heavy atom. The number of benzene rings is 3. The van der Waals surface area contributed by atoms with Crippen LogP contribution >= 0.6 is 11.6 Å². The van der Waals surface area contributed by atoms with Gasteiger partial charge in [-0.1, -0.05) is 41.9 Å². The molecule has 5 nitrogen and oxygen atoms in total. The first kappa shape index (κ1) is 21.5. The molecule has 3 rings (SSSR count). The van der Waals surface area contributed by atoms with Gasteiger partial charge < -0.3 is 19.3 Å². The number of carbonyl (C=O) groups is 1. The smallest absolute Gasteiger partial charge is 0.307 e. The van der Waals surface area contributed by atoms with Crippen molar-refractivity contribution in [2.24, 2.45) is 0 Å². The second-order valence-corrected chi connectivity index (χ2v) is 7.23. The molecule has 0 bridgehead atoms. The average molecular weight is 427 g/mol. The Balaban J connectivity index is 1.56. The number of hydrogen-bond acceptors (Lipinski definition) is 4. The minimum absolute atomic E-state index is 0.0303. The molecule has 0 fully saturated rings. The molecule has 0 amide bonds. The number of aliphatic carboxylic acids is 1. The SMILES string of the molecule is C[C@H](CCOc1cccc(CC(=O)O)c1)Oc1ccc(Cl)cc1Oc1ccccc1. The molecule has 0 heterocycles. The third-order valence-corrected chi connectivity index (χ3v) is 4.49. The summed E-state index contributed by atoms with van der Waals surface area (Å²) in [6.07, 6.45) is 0.472. The summed E-state index contributed by atoms with van der Waals surface area (Å²) in [7, 11) is 0. The van der Waals surface area contributed by atoms with Gasteiger partial charge in [0.15, 0.2) is 11.5 Å². The second kappa shape index (κ2) is 10.6. The molecule has 3 aromatic rings. The molecule has 0 aliphatic rings. The van der Waals surface area contributed by atoms with E-state index in [1.54, 1.807) is 36.4 Å². The van der Waals surface area contributed by atoms with Crippen molar-refractivity contribution in [1.82, 2.24) is 0 Å². The molecule has 0 aliphatic carbocycles. The van der Waals surface area contributed by atoms with Crippen molar-refractivity contribution >= 4 is 17.6 Å². The predicted octanol–water partition coefficient (Wildman–Crippen LogP) is 6.00. The summed E-state index contributed by atoms with van der Waals surface area (Å²) in [5.74, 6) is 1.61. The van der Waals surface area contributed by atoms with Gasteiger partial charge in [-0.2, -0.15) is 0 Å². The van der Waals surface area contributed by atoms with Gasteiger partial charge in [-0.3, -0.25) is 4.79 Å². The quantitative estimate of drug-likeness (QED) is 0.431. The molecule has 156 valence electrons. The monoisotopic (exact) mass is 426 g/mol. The zero-order valence-electron chi connectivity index (χ0n) is 16.6. The lowest BCUT2D eigenvalue weighted by molar-refractivity contribution is -0.136. The molecule has 0 aliphatic heterocycles. The Hall–Kier alpha value is -3.18. The van der Waals surface area contributed by atoms with Crippen molar-refractivity contribution in [1.29, 1.82) is 0 Å². The molecule has 6 heteroatoms. The second-order valence-electron chi connectivity index (χ2n) is 6.79. The molecule has 3 aromatic carbocycles. The van der Waals surface area contributed by atoms with Crippen LogP contribution < -0.4 is 14.2 Å². The summed E-state index contributed by atoms with van der Waals surface area (Å²) in [5, 5.41) is 9.46. The van der Waals surface area contributed by atoms with E-state index in [1.807, 2.05) is 43.3 Å². The summed E-state index contributed by atoms with van der Waals surface area (Å²) in [4.78, 5) is 10.8. The summed E-state index contributed by atoms with van der Waals surface area (Å²) >= 11 is 6.12. The number of para-hydroxylation sites is 1. The fourth-order valence-electron chi connectivity index (χ4n) is 2.81. The first-order chi connectivity index (χ1) is 14.5. The number of hydrogen-bond donors (Lipinski definition) is 1. The van der Waals surface area contributed by atoms with Crippen molar-refractivity contribution in [3.63, 3.8) is 0 Å². The van der Waals surface area contributed by atoms with E-state index in [1.165, 1.54) is 0 Å². The number of carboxylic acid groups (broad SMARTS) is 1. The molecule has 1 atom stereocenters. The minimum atomic E-state index is -0.870. The maximum absolute atomic E-state index is 10.8. The Labute approximate surface area is 180 Å². The van der Waals surface area contributed by atoms with Crippen molar-refractivity contribution in [2.45, 2.75) is 25.9 Å². The molecular weight excluding hydrogens is 404 g/mol. The van der Waals surface area contributed by atoms with Crippen LogP contribution in [-0.2, 0) is 11.2 Å². The summed E-state index contributed by atoms with van der Waals surface area (Å²) < 4.78 is 17.7. The van der Waals surface area contributed by atoms with Crippen LogP contribution in [0.1, 0.15) is 18.9 Å². The Morgan fingerprint density at radius 2 is 1.73 bits per heavy atom. The van der Waals surface area contributed by atoms with Crippen LogP contribution in [0.25, 0.3) is 0 Å². The number of carboxylic acids is 1. The first-order valence-electron chi connectivity index (χ1n) is 9.62. The lowest BCUT2D eigenvalue weighted by atomic mass is 10.1. The normalized spacial score (nSPS) is 11.5. The van der Waals surface area contributed by atoms with Crippen LogP contribution in [0.4, 0.5) is 0 Å². The third-order valence-electron chi connectivity index (χ3n) is 4.25. The number of ether oxygens (including phenoxy) is 3. The molecule has 0 radical (unpaired) electrons. The van der Waals surface area contributed by atoms with Crippen LogP contribution in [0.15, 0.2) is 72.8 Å². The highest BCUT2D eigenvalue weighted by Gasteiger charge is 2.12. The van der Waals surface area contributed by atoms with E-state index in [9.17, 15) is 4.79 Å². The van der Waals surface area contributed by atoms with Gasteiger partial charge in [0.25, 0.3) is 0 Å². The standard InChI is InChI=1S/C24H23ClO5/c1-17(12-13-28-21-9-5-6-18(14-21)15-24(26)27)29-22-11-10-19(25)16-23(22)30-20-7-3-2-4-8-20/h2-11,14,16-17H,12-13,15H2,1H3,(H,26,27)/t17-/m1/s1. The van der Waals surface area contributed by atoms with Gasteiger partial charge in [-0.15, -0.1) is 0 Å². The highest BCUT2D eigenvalue weighted by Crippen LogP contribution is 2.35. The van der Waals surface area contributed by atoms with Crippen LogP contribution in [0.5, 0.6) is 23.0 Å². The molecule has 0 unspecified atom stereocenters. The van der Waals surface area contributed by atoms with E-state index in [-0.39, 0.29) is 12.5 Å². The van der Waals surface area contributed by atoms with E-state index in [2.05, 4.69) is 0 Å². The fraction of sp³-hybridized carbons (Fsp3) is 0.208. The Kier molecular flexibility index (Phi) is 7.57. The van der Waals surface area contributed by atoms with Crippen molar-refractivity contribution in [2.75, 3.05) is 6.61 Å². The minimum Gasteiger partial charge on any atom is -0.493 e. The van der Waals surface area contributed by atoms with Gasteiger partial charge >= 0.3 is 5.97 Å². The van der Waals surface area contributed by atoms with E-state index in [0.29, 0.717) is 46.6 Å². The Morgan fingerprint density at radius 1 is 0.967 bits per heavy atom. The van der Waals surface area contributed by atoms with Crippen LogP contribution in [0.2, 0.25) is 5.02 Å². The van der Waals surface area contributed by atoms with Crippen molar-refractivity contribution in [3.8, 4) is 23.0 Å². The zero-order valence-corrected chi connectivity index (χ0v) is 17.3. The Bertz CT molecular complexity index is 974. The number of halogens is 1. The predicted molar refractivity (Wildman–Crippen MR) is 116 cm³/mol. The van der Waals surface area contributed by atoms with E-state index >= 15 is 0 Å². The molecule has 30 heavy (non-hydrogen) atoms. The van der Waals surface area contributed by atoms with Crippen LogP contribution in [0.3, 0.4) is 0 Å². The van der Waals surface area contributed by atoms with E-state index < -0.39 is 5.97 Å². The lowest BCUT2D eigenvalue weighted by Gasteiger charge is -2.18. The van der Waals surface area contributed by atoms with Gasteiger partial charge in [0.05, 0.1) is 19.1 Å². The summed E-state index contributed by atoms with van der Waals surface area (Å²) in [6.45, 7) is 2.38.